The van der Waals surface area contributed by atoms with Crippen molar-refractivity contribution in [2.24, 2.45) is 5.92 Å². The molecule has 0 amide bonds. The Kier molecular flexibility index (Phi) is 3.79. The van der Waals surface area contributed by atoms with Gasteiger partial charge < -0.3 is 5.32 Å². The van der Waals surface area contributed by atoms with Gasteiger partial charge in [0.2, 0.25) is 0 Å². The Hall–Kier alpha value is -0.640. The summed E-state index contributed by atoms with van der Waals surface area (Å²) in [7, 11) is 0. The van der Waals surface area contributed by atoms with Crippen LogP contribution >= 0.6 is 11.6 Å². The normalized spacial score (nSPS) is 29.2. The summed E-state index contributed by atoms with van der Waals surface area (Å²) in [5.74, 6) is 0.496. The molecule has 1 aromatic rings. The highest BCUT2D eigenvalue weighted by atomic mass is 35.5. The van der Waals surface area contributed by atoms with Crippen LogP contribution < -0.4 is 5.32 Å². The molecule has 19 heavy (non-hydrogen) atoms. The van der Waals surface area contributed by atoms with Crippen molar-refractivity contribution in [1.29, 1.82) is 0 Å². The van der Waals surface area contributed by atoms with Gasteiger partial charge in [0.05, 0.1) is 0 Å². The third kappa shape index (κ3) is 2.51. The largest absolute Gasteiger partial charge is 0.315 e. The molecule has 4 heteroatoms. The van der Waals surface area contributed by atoms with E-state index in [1.165, 1.54) is 25.0 Å². The molecule has 0 radical (unpaired) electrons. The van der Waals surface area contributed by atoms with Gasteiger partial charge in [0, 0.05) is 23.7 Å². The van der Waals surface area contributed by atoms with Crippen molar-refractivity contribution >= 4 is 11.6 Å². The summed E-state index contributed by atoms with van der Waals surface area (Å²) >= 11 is 6.20. The van der Waals surface area contributed by atoms with Crippen LogP contribution in [0.4, 0.5) is 4.39 Å². The zero-order chi connectivity index (χ0) is 13.4. The molecule has 3 unspecified atom stereocenters. The summed E-state index contributed by atoms with van der Waals surface area (Å²) in [6, 6.07) is 5.60. The minimum absolute atomic E-state index is 0.251. The summed E-state index contributed by atoms with van der Waals surface area (Å²) in [5.41, 5.74) is 1.04. The Bertz CT molecular complexity index is 465. The van der Waals surface area contributed by atoms with Crippen molar-refractivity contribution < 1.29 is 4.39 Å². The second-order valence-electron chi connectivity index (χ2n) is 5.71. The molecule has 2 saturated heterocycles. The zero-order valence-electron chi connectivity index (χ0n) is 11.2. The molecule has 1 aromatic carbocycles. The van der Waals surface area contributed by atoms with E-state index in [4.69, 9.17) is 11.6 Å². The molecule has 3 atom stereocenters. The van der Waals surface area contributed by atoms with Gasteiger partial charge in [0.1, 0.15) is 5.82 Å². The first-order chi connectivity index (χ1) is 9.16. The molecule has 0 saturated carbocycles. The summed E-state index contributed by atoms with van der Waals surface area (Å²) in [6.07, 6.45) is 2.56. The monoisotopic (exact) mass is 282 g/mol. The number of piperidine rings is 1. The molecular weight excluding hydrogens is 263 g/mol. The number of nitrogens with zero attached hydrogens (tertiary/aromatic N) is 1. The Balaban J connectivity index is 1.84. The Labute approximate surface area is 118 Å². The number of halogens is 2. The van der Waals surface area contributed by atoms with Crippen LogP contribution in [-0.2, 0) is 0 Å². The van der Waals surface area contributed by atoms with Gasteiger partial charge in [-0.2, -0.15) is 0 Å². The van der Waals surface area contributed by atoms with Crippen LogP contribution in [0, 0.1) is 11.7 Å². The lowest BCUT2D eigenvalue weighted by Gasteiger charge is -2.41. The fourth-order valence-electron chi connectivity index (χ4n) is 3.60. The number of likely N-dealkylation sites (tertiary alicyclic amines) is 1. The third-order valence-electron chi connectivity index (χ3n) is 4.63. The van der Waals surface area contributed by atoms with Crippen molar-refractivity contribution in [3.05, 3.63) is 34.6 Å². The fraction of sp³-hybridized carbons (Fsp3) is 0.600. The van der Waals surface area contributed by atoms with Gasteiger partial charge in [0.25, 0.3) is 0 Å². The van der Waals surface area contributed by atoms with E-state index in [0.29, 0.717) is 11.1 Å². The van der Waals surface area contributed by atoms with Gasteiger partial charge in [0.15, 0.2) is 0 Å². The first kappa shape index (κ1) is 13.3. The van der Waals surface area contributed by atoms with Crippen LogP contribution in [0.5, 0.6) is 0 Å². The predicted molar refractivity (Wildman–Crippen MR) is 75.9 cm³/mol. The highest BCUT2D eigenvalue weighted by Crippen LogP contribution is 2.35. The van der Waals surface area contributed by atoms with E-state index in [-0.39, 0.29) is 11.9 Å². The standard InChI is InChI=1S/C15H20ClFN2/c1-10(13-5-4-12(17)7-14(13)16)19-6-2-3-11-8-18-9-15(11)19/h4-5,7,10-11,15,18H,2-3,6,8-9H2,1H3. The fourth-order valence-corrected chi connectivity index (χ4v) is 3.93. The predicted octanol–water partition coefficient (Wildman–Crippen LogP) is 3.22. The molecule has 104 valence electrons. The summed E-state index contributed by atoms with van der Waals surface area (Å²) < 4.78 is 13.2. The van der Waals surface area contributed by atoms with Crippen LogP contribution in [0.2, 0.25) is 5.02 Å². The van der Waals surface area contributed by atoms with Crippen LogP contribution in [0.1, 0.15) is 31.4 Å². The number of rotatable bonds is 2. The lowest BCUT2D eigenvalue weighted by Crippen LogP contribution is -2.46. The molecule has 1 N–H and O–H groups in total. The quantitative estimate of drug-likeness (QED) is 0.896. The van der Waals surface area contributed by atoms with E-state index < -0.39 is 0 Å². The summed E-state index contributed by atoms with van der Waals surface area (Å²) in [5, 5.41) is 4.03. The van der Waals surface area contributed by atoms with Gasteiger partial charge in [-0.1, -0.05) is 17.7 Å². The maximum Gasteiger partial charge on any atom is 0.124 e. The van der Waals surface area contributed by atoms with Crippen LogP contribution in [0.15, 0.2) is 18.2 Å². The van der Waals surface area contributed by atoms with Gasteiger partial charge in [-0.3, -0.25) is 4.90 Å². The van der Waals surface area contributed by atoms with Gasteiger partial charge >= 0.3 is 0 Å². The first-order valence-electron chi connectivity index (χ1n) is 7.08. The second-order valence-corrected chi connectivity index (χ2v) is 6.11. The topological polar surface area (TPSA) is 15.3 Å². The second kappa shape index (κ2) is 5.39. The highest BCUT2D eigenvalue weighted by molar-refractivity contribution is 6.31. The van der Waals surface area contributed by atoms with Gasteiger partial charge in [-0.15, -0.1) is 0 Å². The maximum atomic E-state index is 13.2. The first-order valence-corrected chi connectivity index (χ1v) is 7.46. The third-order valence-corrected chi connectivity index (χ3v) is 4.96. The van der Waals surface area contributed by atoms with Crippen molar-refractivity contribution in [3.63, 3.8) is 0 Å². The smallest absolute Gasteiger partial charge is 0.124 e. The SMILES string of the molecule is CC(c1ccc(F)cc1Cl)N1CCCC2CNCC21. The molecule has 2 aliphatic heterocycles. The molecule has 0 aliphatic carbocycles. The lowest BCUT2D eigenvalue weighted by atomic mass is 9.89. The highest BCUT2D eigenvalue weighted by Gasteiger charge is 2.37. The molecule has 2 heterocycles. The van der Waals surface area contributed by atoms with E-state index in [1.807, 2.05) is 6.07 Å². The summed E-state index contributed by atoms with van der Waals surface area (Å²) in [6.45, 7) is 5.48. The molecule has 0 spiro atoms. The number of fused-ring (bicyclic) bond motifs is 1. The average Bonchev–Trinajstić information content (AvgIpc) is 2.86. The maximum absolute atomic E-state index is 13.2. The van der Waals surface area contributed by atoms with E-state index in [9.17, 15) is 4.39 Å². The van der Waals surface area contributed by atoms with Gasteiger partial charge in [-0.05, 0) is 56.5 Å². The summed E-state index contributed by atoms with van der Waals surface area (Å²) in [4.78, 5) is 2.54. The Morgan fingerprint density at radius 1 is 1.42 bits per heavy atom. The number of nitrogens with one attached hydrogen (secondary N) is 1. The minimum atomic E-state index is -0.264. The van der Waals surface area contributed by atoms with Crippen LogP contribution in [-0.4, -0.2) is 30.6 Å². The molecule has 0 aromatic heterocycles. The molecule has 2 fully saturated rings. The molecule has 2 nitrogen and oxygen atoms in total. The lowest BCUT2D eigenvalue weighted by molar-refractivity contribution is 0.0847. The van der Waals surface area contributed by atoms with Crippen molar-refractivity contribution in [2.45, 2.75) is 31.8 Å². The van der Waals surface area contributed by atoms with Gasteiger partial charge in [-0.25, -0.2) is 4.39 Å². The van der Waals surface area contributed by atoms with E-state index in [0.717, 1.165) is 31.1 Å². The van der Waals surface area contributed by atoms with E-state index in [1.54, 1.807) is 0 Å². The minimum Gasteiger partial charge on any atom is -0.315 e. The number of hydrogen-bond acceptors (Lipinski definition) is 2. The Morgan fingerprint density at radius 3 is 3.05 bits per heavy atom. The van der Waals surface area contributed by atoms with E-state index in [2.05, 4.69) is 17.1 Å². The molecule has 0 bridgehead atoms. The van der Waals surface area contributed by atoms with E-state index >= 15 is 0 Å². The number of hydrogen-bond donors (Lipinski definition) is 1. The number of benzene rings is 1. The molecule has 3 rings (SSSR count). The van der Waals surface area contributed by atoms with Crippen molar-refractivity contribution in [1.82, 2.24) is 10.2 Å². The average molecular weight is 283 g/mol. The van der Waals surface area contributed by atoms with Crippen molar-refractivity contribution in [3.8, 4) is 0 Å². The molecular formula is C15H20ClFN2. The molecule has 2 aliphatic rings. The Morgan fingerprint density at radius 2 is 2.26 bits per heavy atom. The zero-order valence-corrected chi connectivity index (χ0v) is 12.0. The van der Waals surface area contributed by atoms with Crippen LogP contribution in [0.25, 0.3) is 0 Å². The van der Waals surface area contributed by atoms with Crippen molar-refractivity contribution in [2.75, 3.05) is 19.6 Å². The van der Waals surface area contributed by atoms with Crippen LogP contribution in [0.3, 0.4) is 0 Å².